The largest absolute Gasteiger partial charge is 0.344 e. The molecule has 1 aliphatic rings. The first-order valence-electron chi connectivity index (χ1n) is 7.59. The van der Waals surface area contributed by atoms with Gasteiger partial charge < -0.3 is 14.5 Å². The fourth-order valence-corrected chi connectivity index (χ4v) is 2.86. The van der Waals surface area contributed by atoms with Crippen molar-refractivity contribution in [2.75, 3.05) is 0 Å². The Morgan fingerprint density at radius 1 is 1.27 bits per heavy atom. The van der Waals surface area contributed by atoms with Crippen molar-refractivity contribution in [3.05, 3.63) is 54.1 Å². The van der Waals surface area contributed by atoms with Crippen LogP contribution in [-0.2, 0) is 13.6 Å². The number of imidazole rings is 1. The summed E-state index contributed by atoms with van der Waals surface area (Å²) in [6.45, 7) is 0.430. The number of para-hydroxylation sites is 2. The van der Waals surface area contributed by atoms with E-state index in [1.165, 1.54) is 12.8 Å². The number of nitrogens with zero attached hydrogens (tertiary/aromatic N) is 3. The molecule has 1 aromatic carbocycles. The molecule has 0 saturated heterocycles. The van der Waals surface area contributed by atoms with Crippen LogP contribution in [0, 0.1) is 0 Å². The second-order valence-electron chi connectivity index (χ2n) is 5.79. The highest BCUT2D eigenvalue weighted by molar-refractivity contribution is 5.92. The van der Waals surface area contributed by atoms with Crippen LogP contribution in [0.25, 0.3) is 11.0 Å². The summed E-state index contributed by atoms with van der Waals surface area (Å²) in [5, 5.41) is 2.98. The van der Waals surface area contributed by atoms with Crippen LogP contribution < -0.4 is 5.32 Å². The van der Waals surface area contributed by atoms with E-state index in [0.717, 1.165) is 22.6 Å². The Morgan fingerprint density at radius 2 is 2.09 bits per heavy atom. The Balaban J connectivity index is 1.52. The van der Waals surface area contributed by atoms with Gasteiger partial charge in [-0.25, -0.2) is 4.98 Å². The highest BCUT2D eigenvalue weighted by Crippen LogP contribution is 2.35. The van der Waals surface area contributed by atoms with Gasteiger partial charge in [0.05, 0.1) is 17.6 Å². The molecule has 5 heteroatoms. The van der Waals surface area contributed by atoms with E-state index < -0.39 is 0 Å². The molecule has 22 heavy (non-hydrogen) atoms. The maximum absolute atomic E-state index is 12.4. The fraction of sp³-hybridized carbons (Fsp3) is 0.294. The molecule has 2 aromatic heterocycles. The van der Waals surface area contributed by atoms with Gasteiger partial charge in [-0.1, -0.05) is 12.1 Å². The summed E-state index contributed by atoms with van der Waals surface area (Å²) in [6.07, 6.45) is 4.32. The zero-order valence-corrected chi connectivity index (χ0v) is 12.5. The normalized spacial score (nSPS) is 14.4. The monoisotopic (exact) mass is 294 g/mol. The molecule has 0 spiro atoms. The third-order valence-electron chi connectivity index (χ3n) is 4.24. The van der Waals surface area contributed by atoms with Crippen molar-refractivity contribution in [2.45, 2.75) is 25.4 Å². The van der Waals surface area contributed by atoms with Gasteiger partial charge in [-0.3, -0.25) is 4.79 Å². The van der Waals surface area contributed by atoms with Crippen molar-refractivity contribution in [1.29, 1.82) is 0 Å². The Morgan fingerprint density at radius 3 is 2.86 bits per heavy atom. The van der Waals surface area contributed by atoms with E-state index in [1.807, 2.05) is 54.2 Å². The number of hydrogen-bond donors (Lipinski definition) is 1. The summed E-state index contributed by atoms with van der Waals surface area (Å²) in [7, 11) is 1.98. The van der Waals surface area contributed by atoms with Crippen LogP contribution in [0.15, 0.2) is 42.6 Å². The van der Waals surface area contributed by atoms with Crippen LogP contribution in [0.5, 0.6) is 0 Å². The third kappa shape index (κ3) is 2.19. The maximum atomic E-state index is 12.4. The second-order valence-corrected chi connectivity index (χ2v) is 5.79. The molecule has 0 aliphatic heterocycles. The summed E-state index contributed by atoms with van der Waals surface area (Å²) in [4.78, 5) is 17.0. The maximum Gasteiger partial charge on any atom is 0.268 e. The van der Waals surface area contributed by atoms with E-state index in [-0.39, 0.29) is 5.91 Å². The van der Waals surface area contributed by atoms with Gasteiger partial charge in [-0.15, -0.1) is 0 Å². The molecule has 1 aliphatic carbocycles. The number of nitrogens with one attached hydrogen (secondary N) is 1. The Bertz CT molecular complexity index is 841. The standard InChI is InChI=1S/C17H18N4O/c1-20-14-6-3-2-5-13(14)19-16(20)11-18-17(22)15-7-4-10-21(15)12-8-9-12/h2-7,10,12H,8-9,11H2,1H3,(H,18,22). The highest BCUT2D eigenvalue weighted by Gasteiger charge is 2.26. The summed E-state index contributed by atoms with van der Waals surface area (Å²) in [5.74, 6) is 0.822. The number of aryl methyl sites for hydroxylation is 1. The van der Waals surface area contributed by atoms with E-state index in [1.54, 1.807) is 0 Å². The smallest absolute Gasteiger partial charge is 0.268 e. The minimum absolute atomic E-state index is 0.0380. The molecule has 0 bridgehead atoms. The number of benzene rings is 1. The van der Waals surface area contributed by atoms with Crippen LogP contribution in [0.2, 0.25) is 0 Å². The van der Waals surface area contributed by atoms with E-state index >= 15 is 0 Å². The quantitative estimate of drug-likeness (QED) is 0.804. The lowest BCUT2D eigenvalue weighted by molar-refractivity contribution is 0.0940. The van der Waals surface area contributed by atoms with Gasteiger partial charge in [0.1, 0.15) is 11.5 Å². The first-order valence-corrected chi connectivity index (χ1v) is 7.59. The molecule has 0 atom stereocenters. The molecule has 0 unspecified atom stereocenters. The van der Waals surface area contributed by atoms with Crippen molar-refractivity contribution in [1.82, 2.24) is 19.4 Å². The predicted molar refractivity (Wildman–Crippen MR) is 84.6 cm³/mol. The van der Waals surface area contributed by atoms with Gasteiger partial charge in [-0.05, 0) is 37.1 Å². The van der Waals surface area contributed by atoms with E-state index in [0.29, 0.717) is 12.6 Å². The Kier molecular flexibility index (Phi) is 2.99. The molecular formula is C17H18N4O. The fourth-order valence-electron chi connectivity index (χ4n) is 2.86. The minimum atomic E-state index is -0.0380. The lowest BCUT2D eigenvalue weighted by Gasteiger charge is -2.08. The first-order chi connectivity index (χ1) is 10.7. The van der Waals surface area contributed by atoms with Crippen LogP contribution >= 0.6 is 0 Å². The lowest BCUT2D eigenvalue weighted by atomic mass is 10.3. The molecule has 5 nitrogen and oxygen atoms in total. The summed E-state index contributed by atoms with van der Waals surface area (Å²) >= 11 is 0. The third-order valence-corrected chi connectivity index (χ3v) is 4.24. The molecule has 1 amide bonds. The number of carbonyl (C=O) groups excluding carboxylic acids is 1. The van der Waals surface area contributed by atoms with Crippen molar-refractivity contribution in [2.24, 2.45) is 7.05 Å². The van der Waals surface area contributed by atoms with Crippen LogP contribution in [0.4, 0.5) is 0 Å². The molecule has 1 saturated carbocycles. The zero-order valence-electron chi connectivity index (χ0n) is 12.5. The number of amides is 1. The molecule has 2 heterocycles. The summed E-state index contributed by atoms with van der Waals surface area (Å²) < 4.78 is 4.10. The van der Waals surface area contributed by atoms with Crippen LogP contribution in [0.3, 0.4) is 0 Å². The van der Waals surface area contributed by atoms with Crippen molar-refractivity contribution >= 4 is 16.9 Å². The predicted octanol–water partition coefficient (Wildman–Crippen LogP) is 2.64. The Hall–Kier alpha value is -2.56. The van der Waals surface area contributed by atoms with Gasteiger partial charge in [0, 0.05) is 19.3 Å². The van der Waals surface area contributed by atoms with Crippen LogP contribution in [-0.4, -0.2) is 20.0 Å². The number of fused-ring (bicyclic) bond motifs is 1. The molecule has 3 aromatic rings. The van der Waals surface area contributed by atoms with Gasteiger partial charge >= 0.3 is 0 Å². The van der Waals surface area contributed by atoms with Crippen molar-refractivity contribution in [3.63, 3.8) is 0 Å². The molecule has 1 fully saturated rings. The topological polar surface area (TPSA) is 51.9 Å². The number of carbonyl (C=O) groups is 1. The molecule has 1 N–H and O–H groups in total. The molecule has 4 rings (SSSR count). The van der Waals surface area contributed by atoms with Gasteiger partial charge in [0.2, 0.25) is 0 Å². The zero-order chi connectivity index (χ0) is 15.1. The molecular weight excluding hydrogens is 276 g/mol. The minimum Gasteiger partial charge on any atom is -0.344 e. The first kappa shape index (κ1) is 13.1. The number of aromatic nitrogens is 3. The Labute approximate surface area is 128 Å². The van der Waals surface area contributed by atoms with Gasteiger partial charge in [0.25, 0.3) is 5.91 Å². The van der Waals surface area contributed by atoms with Crippen LogP contribution in [0.1, 0.15) is 35.2 Å². The number of hydrogen-bond acceptors (Lipinski definition) is 2. The van der Waals surface area contributed by atoms with E-state index in [4.69, 9.17) is 0 Å². The average molecular weight is 294 g/mol. The molecule has 112 valence electrons. The van der Waals surface area contributed by atoms with Gasteiger partial charge in [-0.2, -0.15) is 0 Å². The van der Waals surface area contributed by atoms with E-state index in [9.17, 15) is 4.79 Å². The molecule has 0 radical (unpaired) electrons. The summed E-state index contributed by atoms with van der Waals surface area (Å²) in [6, 6.07) is 12.3. The van der Waals surface area contributed by atoms with Gasteiger partial charge in [0.15, 0.2) is 0 Å². The highest BCUT2D eigenvalue weighted by atomic mass is 16.1. The van der Waals surface area contributed by atoms with Crippen molar-refractivity contribution < 1.29 is 4.79 Å². The van der Waals surface area contributed by atoms with Crippen molar-refractivity contribution in [3.8, 4) is 0 Å². The number of rotatable bonds is 4. The van der Waals surface area contributed by atoms with E-state index in [2.05, 4.69) is 14.9 Å². The second kappa shape index (κ2) is 5.02. The SMILES string of the molecule is Cn1c(CNC(=O)c2cccn2C2CC2)nc2ccccc21. The summed E-state index contributed by atoms with van der Waals surface area (Å²) in [5.41, 5.74) is 2.77. The average Bonchev–Trinajstić information content (AvgIpc) is 3.17. The lowest BCUT2D eigenvalue weighted by Crippen LogP contribution is -2.26.